The first-order chi connectivity index (χ1) is 17.9. The zero-order chi connectivity index (χ0) is 26.3. The number of methoxy groups -OCH3 is 3. The fourth-order valence-electron chi connectivity index (χ4n) is 4.98. The number of anilines is 1. The molecule has 1 unspecified atom stereocenters. The molecule has 0 aliphatic carbocycles. The number of hydrogen-bond donors (Lipinski definition) is 1. The molecule has 1 atom stereocenters. The smallest absolute Gasteiger partial charge is 0.300 e. The number of nitrogens with zero attached hydrogens (tertiary/aromatic N) is 1. The number of aryl methyl sites for hydroxylation is 1. The Kier molecular flexibility index (Phi) is 6.25. The number of benzene rings is 3. The molecule has 1 N–H and O–H groups in total. The van der Waals surface area contributed by atoms with Gasteiger partial charge in [0, 0.05) is 17.7 Å². The molecule has 0 bridgehead atoms. The lowest BCUT2D eigenvalue weighted by atomic mass is 9.93. The summed E-state index contributed by atoms with van der Waals surface area (Å²) in [6, 6.07) is 15.0. The summed E-state index contributed by atoms with van der Waals surface area (Å²) in [4.78, 5) is 28.5. The van der Waals surface area contributed by atoms with Crippen molar-refractivity contribution >= 4 is 23.1 Å². The van der Waals surface area contributed by atoms with E-state index < -0.39 is 17.7 Å². The minimum atomic E-state index is -0.945. The second kappa shape index (κ2) is 9.54. The molecule has 190 valence electrons. The van der Waals surface area contributed by atoms with Gasteiger partial charge in [0.2, 0.25) is 5.75 Å². The molecule has 0 spiro atoms. The molecule has 0 saturated carbocycles. The molecular weight excluding hydrogens is 474 g/mol. The average molecular weight is 502 g/mol. The van der Waals surface area contributed by atoms with Crippen molar-refractivity contribution in [3.8, 4) is 23.0 Å². The summed E-state index contributed by atoms with van der Waals surface area (Å²) in [5, 5.41) is 11.5. The number of carbonyl (C=O) groups excluding carboxylic acids is 2. The van der Waals surface area contributed by atoms with Crippen molar-refractivity contribution in [3.05, 3.63) is 82.4 Å². The highest BCUT2D eigenvalue weighted by atomic mass is 16.5. The van der Waals surface area contributed by atoms with Gasteiger partial charge in [-0.3, -0.25) is 14.5 Å². The summed E-state index contributed by atoms with van der Waals surface area (Å²) >= 11 is 0. The van der Waals surface area contributed by atoms with Crippen molar-refractivity contribution in [2.45, 2.75) is 19.4 Å². The van der Waals surface area contributed by atoms with Crippen LogP contribution in [0.1, 0.15) is 28.3 Å². The molecule has 3 aromatic carbocycles. The van der Waals surface area contributed by atoms with Crippen LogP contribution < -0.4 is 23.8 Å². The zero-order valence-corrected chi connectivity index (χ0v) is 21.0. The number of aliphatic hydroxyl groups excluding tert-OH is 1. The van der Waals surface area contributed by atoms with E-state index in [4.69, 9.17) is 18.9 Å². The van der Waals surface area contributed by atoms with E-state index >= 15 is 0 Å². The predicted octanol–water partition coefficient (Wildman–Crippen LogP) is 4.58. The highest BCUT2D eigenvalue weighted by Gasteiger charge is 2.48. The molecule has 2 heterocycles. The minimum Gasteiger partial charge on any atom is -0.507 e. The first kappa shape index (κ1) is 24.2. The Morgan fingerprint density at radius 1 is 0.973 bits per heavy atom. The van der Waals surface area contributed by atoms with Crippen LogP contribution in [0.2, 0.25) is 0 Å². The normalized spacial score (nSPS) is 17.9. The van der Waals surface area contributed by atoms with E-state index in [1.165, 1.54) is 26.2 Å². The van der Waals surface area contributed by atoms with Crippen molar-refractivity contribution in [2.24, 2.45) is 0 Å². The van der Waals surface area contributed by atoms with Gasteiger partial charge in [-0.1, -0.05) is 18.2 Å². The predicted molar refractivity (Wildman–Crippen MR) is 138 cm³/mol. The highest BCUT2D eigenvalue weighted by Crippen LogP contribution is 2.47. The molecule has 3 aromatic rings. The summed E-state index contributed by atoms with van der Waals surface area (Å²) in [7, 11) is 4.48. The van der Waals surface area contributed by atoms with Crippen molar-refractivity contribution in [1.82, 2.24) is 0 Å². The van der Waals surface area contributed by atoms with Crippen molar-refractivity contribution < 1.29 is 33.6 Å². The number of hydrogen-bond acceptors (Lipinski definition) is 7. The van der Waals surface area contributed by atoms with Gasteiger partial charge in [-0.05, 0) is 60.0 Å². The lowest BCUT2D eigenvalue weighted by Gasteiger charge is -2.27. The third-order valence-electron chi connectivity index (χ3n) is 6.79. The lowest BCUT2D eigenvalue weighted by molar-refractivity contribution is -0.132. The molecule has 1 saturated heterocycles. The van der Waals surface area contributed by atoms with Crippen LogP contribution >= 0.6 is 0 Å². The van der Waals surface area contributed by atoms with Crippen LogP contribution in [0.25, 0.3) is 5.76 Å². The van der Waals surface area contributed by atoms with Gasteiger partial charge in [-0.15, -0.1) is 0 Å². The topological polar surface area (TPSA) is 94.5 Å². The maximum absolute atomic E-state index is 13.5. The van der Waals surface area contributed by atoms with Crippen LogP contribution in [0.5, 0.6) is 23.0 Å². The minimum absolute atomic E-state index is 0.0265. The molecule has 2 aliphatic rings. The molecule has 37 heavy (non-hydrogen) atoms. The van der Waals surface area contributed by atoms with Crippen LogP contribution in [0.3, 0.4) is 0 Å². The number of Topliss-reactive ketones (excluding diaryl/α,β-unsaturated/α-hetero) is 1. The van der Waals surface area contributed by atoms with Gasteiger partial charge in [-0.2, -0.15) is 0 Å². The van der Waals surface area contributed by atoms with E-state index in [2.05, 4.69) is 0 Å². The van der Waals surface area contributed by atoms with E-state index in [9.17, 15) is 14.7 Å². The van der Waals surface area contributed by atoms with E-state index in [0.717, 1.165) is 16.9 Å². The molecule has 0 aromatic heterocycles. The lowest BCUT2D eigenvalue weighted by Crippen LogP contribution is -2.30. The van der Waals surface area contributed by atoms with Crippen LogP contribution in [0, 0.1) is 6.92 Å². The number of para-hydroxylation sites is 1. The molecule has 8 heteroatoms. The van der Waals surface area contributed by atoms with Gasteiger partial charge in [0.05, 0.1) is 39.6 Å². The molecule has 8 nitrogen and oxygen atoms in total. The third-order valence-corrected chi connectivity index (χ3v) is 6.79. The molecule has 2 aliphatic heterocycles. The number of rotatable bonds is 6. The molecule has 1 fully saturated rings. The Balaban J connectivity index is 1.77. The molecule has 0 radical (unpaired) electrons. The first-order valence-electron chi connectivity index (χ1n) is 11.8. The Bertz CT molecular complexity index is 1420. The number of ketones is 1. The summed E-state index contributed by atoms with van der Waals surface area (Å²) in [6.07, 6.45) is 0.699. The Hall–Kier alpha value is -4.46. The van der Waals surface area contributed by atoms with Gasteiger partial charge < -0.3 is 24.1 Å². The molecule has 1 amide bonds. The monoisotopic (exact) mass is 501 g/mol. The van der Waals surface area contributed by atoms with Gasteiger partial charge >= 0.3 is 0 Å². The first-order valence-corrected chi connectivity index (χ1v) is 11.8. The van der Waals surface area contributed by atoms with Gasteiger partial charge in [-0.25, -0.2) is 0 Å². The summed E-state index contributed by atoms with van der Waals surface area (Å²) in [5.74, 6) is 0.0698. The van der Waals surface area contributed by atoms with Crippen LogP contribution in [-0.2, 0) is 16.0 Å². The van der Waals surface area contributed by atoms with Crippen molar-refractivity contribution in [2.75, 3.05) is 32.8 Å². The van der Waals surface area contributed by atoms with Crippen LogP contribution in [0.4, 0.5) is 5.69 Å². The Morgan fingerprint density at radius 2 is 1.68 bits per heavy atom. The number of fused-ring (bicyclic) bond motifs is 1. The number of aliphatic hydroxyl groups is 1. The largest absolute Gasteiger partial charge is 0.507 e. The van der Waals surface area contributed by atoms with E-state index in [1.807, 2.05) is 19.1 Å². The van der Waals surface area contributed by atoms with Crippen LogP contribution in [0.15, 0.2) is 60.2 Å². The molecular formula is C29H27NO7. The van der Waals surface area contributed by atoms with Crippen LogP contribution in [-0.4, -0.2) is 44.7 Å². The maximum atomic E-state index is 13.5. The number of carbonyl (C=O) groups is 2. The summed E-state index contributed by atoms with van der Waals surface area (Å²) < 4.78 is 22.1. The average Bonchev–Trinajstić information content (AvgIpc) is 3.49. The SMILES string of the molecule is COc1cc(C2/C(=C(\O)c3ccc4c(c3)CCO4)C(=O)C(=O)N2c2ccccc2C)cc(OC)c1OC. The van der Waals surface area contributed by atoms with Crippen molar-refractivity contribution in [3.63, 3.8) is 0 Å². The van der Waals surface area contributed by atoms with E-state index in [1.54, 1.807) is 42.5 Å². The summed E-state index contributed by atoms with van der Waals surface area (Å²) in [5.41, 5.74) is 3.22. The van der Waals surface area contributed by atoms with Crippen molar-refractivity contribution in [1.29, 1.82) is 0 Å². The molecule has 5 rings (SSSR count). The van der Waals surface area contributed by atoms with Gasteiger partial charge in [0.15, 0.2) is 11.5 Å². The fourth-order valence-corrected chi connectivity index (χ4v) is 4.98. The highest BCUT2D eigenvalue weighted by molar-refractivity contribution is 6.51. The summed E-state index contributed by atoms with van der Waals surface area (Å²) in [6.45, 7) is 2.42. The van der Waals surface area contributed by atoms with Gasteiger partial charge in [0.1, 0.15) is 11.5 Å². The number of ether oxygens (including phenoxy) is 4. The quantitative estimate of drug-likeness (QED) is 0.300. The fraction of sp³-hybridized carbons (Fsp3) is 0.241. The second-order valence-corrected chi connectivity index (χ2v) is 8.84. The number of amides is 1. The van der Waals surface area contributed by atoms with E-state index in [0.29, 0.717) is 47.1 Å². The second-order valence-electron chi connectivity index (χ2n) is 8.84. The Labute approximate surface area is 214 Å². The zero-order valence-electron chi connectivity index (χ0n) is 21.0. The Morgan fingerprint density at radius 3 is 2.32 bits per heavy atom. The third kappa shape index (κ3) is 3.94. The maximum Gasteiger partial charge on any atom is 0.300 e. The standard InChI is InChI=1S/C29H27NO7/c1-16-7-5-6-8-20(16)30-25(19-14-22(34-2)28(36-4)23(15-19)35-3)24(27(32)29(30)33)26(31)18-9-10-21-17(13-18)11-12-37-21/h5-10,13-15,25,31H,11-12H2,1-4H3/b26-24+. The van der Waals surface area contributed by atoms with E-state index in [-0.39, 0.29) is 11.3 Å². The van der Waals surface area contributed by atoms with Gasteiger partial charge in [0.25, 0.3) is 11.7 Å².